The second-order valence-corrected chi connectivity index (χ2v) is 7.17. The summed E-state index contributed by atoms with van der Waals surface area (Å²) >= 11 is 1.74. The van der Waals surface area contributed by atoms with E-state index in [0.717, 1.165) is 49.0 Å². The molecule has 6 heteroatoms. The summed E-state index contributed by atoms with van der Waals surface area (Å²) < 4.78 is 2.03. The summed E-state index contributed by atoms with van der Waals surface area (Å²) in [5.74, 6) is 1.16. The van der Waals surface area contributed by atoms with E-state index in [2.05, 4.69) is 54.3 Å². The number of hydrogen-bond acceptors (Lipinski definition) is 5. The molecular formula is C17H21N5S. The highest BCUT2D eigenvalue weighted by Crippen LogP contribution is 2.33. The first-order valence-electron chi connectivity index (χ1n) is 7.98. The zero-order chi connectivity index (χ0) is 16.0. The largest absolute Gasteiger partial charge is 0.354 e. The van der Waals surface area contributed by atoms with Crippen molar-refractivity contribution in [2.45, 2.75) is 13.8 Å². The van der Waals surface area contributed by atoms with Gasteiger partial charge in [0.25, 0.3) is 0 Å². The van der Waals surface area contributed by atoms with E-state index in [1.807, 2.05) is 4.52 Å². The van der Waals surface area contributed by atoms with Crippen molar-refractivity contribution in [3.63, 3.8) is 0 Å². The summed E-state index contributed by atoms with van der Waals surface area (Å²) in [6.07, 6.45) is 0. The maximum atomic E-state index is 4.81. The summed E-state index contributed by atoms with van der Waals surface area (Å²) in [6.45, 7) is 8.37. The fraction of sp³-hybridized carbons (Fsp3) is 0.412. The number of aromatic nitrogens is 3. The van der Waals surface area contributed by atoms with Crippen molar-refractivity contribution < 1.29 is 0 Å². The van der Waals surface area contributed by atoms with Crippen LogP contribution in [0.5, 0.6) is 0 Å². The summed E-state index contributed by atoms with van der Waals surface area (Å²) in [5.41, 5.74) is 4.23. The third kappa shape index (κ3) is 2.52. The lowest BCUT2D eigenvalue weighted by Crippen LogP contribution is -2.45. The van der Waals surface area contributed by atoms with Gasteiger partial charge in [0, 0.05) is 42.8 Å². The van der Waals surface area contributed by atoms with Gasteiger partial charge in [-0.05, 0) is 32.3 Å². The van der Waals surface area contributed by atoms with Crippen molar-refractivity contribution in [2.75, 3.05) is 38.1 Å². The predicted molar refractivity (Wildman–Crippen MR) is 95.5 cm³/mol. The van der Waals surface area contributed by atoms with Gasteiger partial charge in [-0.1, -0.05) is 6.07 Å². The molecule has 0 aromatic carbocycles. The molecule has 4 heterocycles. The van der Waals surface area contributed by atoms with Crippen LogP contribution in [0, 0.1) is 13.8 Å². The van der Waals surface area contributed by atoms with Gasteiger partial charge in [0.2, 0.25) is 0 Å². The molecule has 4 rings (SSSR count). The van der Waals surface area contributed by atoms with Gasteiger partial charge in [-0.25, -0.2) is 4.98 Å². The van der Waals surface area contributed by atoms with E-state index in [9.17, 15) is 0 Å². The second kappa shape index (κ2) is 5.62. The van der Waals surface area contributed by atoms with Crippen molar-refractivity contribution in [1.29, 1.82) is 0 Å². The number of nitrogens with zero attached hydrogens (tertiary/aromatic N) is 5. The van der Waals surface area contributed by atoms with Crippen molar-refractivity contribution in [3.8, 4) is 10.4 Å². The van der Waals surface area contributed by atoms with E-state index in [-0.39, 0.29) is 0 Å². The minimum atomic E-state index is 0.971. The van der Waals surface area contributed by atoms with Crippen molar-refractivity contribution in [3.05, 3.63) is 35.0 Å². The molecule has 1 saturated heterocycles. The molecule has 1 aliphatic rings. The Morgan fingerprint density at radius 2 is 1.91 bits per heavy atom. The number of thiophene rings is 1. The number of anilines is 1. The third-order valence-corrected chi connectivity index (χ3v) is 5.36. The van der Waals surface area contributed by atoms with Crippen LogP contribution in [0.15, 0.2) is 23.6 Å². The smallest absolute Gasteiger partial charge is 0.166 e. The molecule has 0 N–H and O–H groups in total. The molecule has 0 saturated carbocycles. The maximum absolute atomic E-state index is 4.81. The first-order chi connectivity index (χ1) is 11.1. The van der Waals surface area contributed by atoms with Gasteiger partial charge in [-0.15, -0.1) is 11.3 Å². The highest BCUT2D eigenvalue weighted by atomic mass is 32.1. The van der Waals surface area contributed by atoms with Gasteiger partial charge in [-0.2, -0.15) is 9.61 Å². The first kappa shape index (κ1) is 14.7. The van der Waals surface area contributed by atoms with Crippen LogP contribution in [0.3, 0.4) is 0 Å². The molecule has 120 valence electrons. The standard InChI is InChI=1S/C17H21N5S/c1-12-11-15(21-8-6-20(3)7-9-21)22-17(18-12)16(13(2)19-22)14-5-4-10-23-14/h4-5,10-11H,6-9H2,1-3H3. The fourth-order valence-corrected chi connectivity index (χ4v) is 4.01. The zero-order valence-electron chi connectivity index (χ0n) is 13.8. The molecule has 0 aliphatic carbocycles. The van der Waals surface area contributed by atoms with E-state index in [0.29, 0.717) is 0 Å². The Hall–Kier alpha value is -1.92. The Morgan fingerprint density at radius 3 is 2.61 bits per heavy atom. The maximum Gasteiger partial charge on any atom is 0.166 e. The van der Waals surface area contributed by atoms with Gasteiger partial charge < -0.3 is 9.80 Å². The summed E-state index contributed by atoms with van der Waals surface area (Å²) in [5, 5.41) is 6.92. The van der Waals surface area contributed by atoms with Crippen LogP contribution in [0.4, 0.5) is 5.82 Å². The molecule has 3 aromatic heterocycles. The third-order valence-electron chi connectivity index (χ3n) is 4.47. The van der Waals surface area contributed by atoms with Gasteiger partial charge in [-0.3, -0.25) is 0 Å². The van der Waals surface area contributed by atoms with Crippen LogP contribution in [0.1, 0.15) is 11.4 Å². The van der Waals surface area contributed by atoms with Gasteiger partial charge in [0.05, 0.1) is 11.3 Å². The molecular weight excluding hydrogens is 306 g/mol. The molecule has 23 heavy (non-hydrogen) atoms. The Bertz CT molecular complexity index is 828. The van der Waals surface area contributed by atoms with E-state index in [1.54, 1.807) is 11.3 Å². The van der Waals surface area contributed by atoms with Crippen LogP contribution >= 0.6 is 11.3 Å². The van der Waals surface area contributed by atoms with E-state index in [4.69, 9.17) is 10.1 Å². The minimum Gasteiger partial charge on any atom is -0.354 e. The average molecular weight is 327 g/mol. The normalized spacial score (nSPS) is 16.4. The number of fused-ring (bicyclic) bond motifs is 1. The SMILES string of the molecule is Cc1cc(N2CCN(C)CC2)n2nc(C)c(-c3cccs3)c2n1. The van der Waals surface area contributed by atoms with Gasteiger partial charge in [0.1, 0.15) is 5.82 Å². The lowest BCUT2D eigenvalue weighted by molar-refractivity contribution is 0.311. The highest BCUT2D eigenvalue weighted by molar-refractivity contribution is 7.13. The molecule has 5 nitrogen and oxygen atoms in total. The molecule has 0 amide bonds. The van der Waals surface area contributed by atoms with Gasteiger partial charge in [0.15, 0.2) is 5.65 Å². The van der Waals surface area contributed by atoms with Crippen LogP contribution < -0.4 is 4.90 Å². The molecule has 1 fully saturated rings. The molecule has 1 aliphatic heterocycles. The van der Waals surface area contributed by atoms with Crippen LogP contribution in [-0.4, -0.2) is 52.7 Å². The van der Waals surface area contributed by atoms with Crippen LogP contribution in [0.25, 0.3) is 16.1 Å². The van der Waals surface area contributed by atoms with Crippen LogP contribution in [0.2, 0.25) is 0 Å². The Kier molecular flexibility index (Phi) is 3.58. The summed E-state index contributed by atoms with van der Waals surface area (Å²) in [7, 11) is 2.18. The number of likely N-dealkylation sites (N-methyl/N-ethyl adjacent to an activating group) is 1. The minimum absolute atomic E-state index is 0.971. The van der Waals surface area contributed by atoms with Crippen LogP contribution in [-0.2, 0) is 0 Å². The summed E-state index contributed by atoms with van der Waals surface area (Å²) in [4.78, 5) is 10.8. The van der Waals surface area contributed by atoms with E-state index >= 15 is 0 Å². The summed E-state index contributed by atoms with van der Waals surface area (Å²) in [6, 6.07) is 6.39. The van der Waals surface area contributed by atoms with E-state index < -0.39 is 0 Å². The highest BCUT2D eigenvalue weighted by Gasteiger charge is 2.21. The fourth-order valence-electron chi connectivity index (χ4n) is 3.20. The van der Waals surface area contributed by atoms with Crippen molar-refractivity contribution >= 4 is 22.8 Å². The van der Waals surface area contributed by atoms with Gasteiger partial charge >= 0.3 is 0 Å². The Morgan fingerprint density at radius 1 is 1.13 bits per heavy atom. The molecule has 0 spiro atoms. The number of piperazine rings is 1. The quantitative estimate of drug-likeness (QED) is 0.725. The Labute approximate surface area is 140 Å². The van der Waals surface area contributed by atoms with E-state index in [1.165, 1.54) is 10.4 Å². The first-order valence-corrected chi connectivity index (χ1v) is 8.86. The molecule has 3 aromatic rings. The predicted octanol–water partition coefficient (Wildman–Crippen LogP) is 2.83. The molecule has 0 radical (unpaired) electrons. The van der Waals surface area contributed by atoms with Crippen molar-refractivity contribution in [2.24, 2.45) is 0 Å². The lowest BCUT2D eigenvalue weighted by Gasteiger charge is -2.34. The topological polar surface area (TPSA) is 36.7 Å². The molecule has 0 bridgehead atoms. The second-order valence-electron chi connectivity index (χ2n) is 6.22. The number of rotatable bonds is 2. The van der Waals surface area contributed by atoms with Crippen molar-refractivity contribution in [1.82, 2.24) is 19.5 Å². The molecule has 0 atom stereocenters. The number of aryl methyl sites for hydroxylation is 2. The Balaban J connectivity index is 1.88. The molecule has 0 unspecified atom stereocenters. The average Bonchev–Trinajstić information content (AvgIpc) is 3.14. The monoisotopic (exact) mass is 327 g/mol. The number of hydrogen-bond donors (Lipinski definition) is 0. The lowest BCUT2D eigenvalue weighted by atomic mass is 10.2. The zero-order valence-corrected chi connectivity index (χ0v) is 14.6.